The molecule has 0 saturated heterocycles. The molecule has 0 bridgehead atoms. The number of amides is 1. The average molecular weight is 408 g/mol. The third kappa shape index (κ3) is 3.74. The van der Waals surface area contributed by atoms with Crippen molar-refractivity contribution in [3.8, 4) is 0 Å². The number of aryl methyl sites for hydroxylation is 1. The van der Waals surface area contributed by atoms with Gasteiger partial charge in [-0.25, -0.2) is 8.78 Å². The Morgan fingerprint density at radius 2 is 1.88 bits per heavy atom. The zero-order valence-corrected chi connectivity index (χ0v) is 14.4. The smallest absolute Gasteiger partial charge is 0.226 e. The number of nitrogens with zero attached hydrogens (tertiary/aromatic N) is 2. The van der Waals surface area contributed by atoms with E-state index < -0.39 is 23.2 Å². The van der Waals surface area contributed by atoms with Crippen LogP contribution in [0.2, 0.25) is 0 Å². The van der Waals surface area contributed by atoms with Crippen LogP contribution in [0.1, 0.15) is 6.42 Å². The molecule has 2 aromatic carbocycles. The second-order valence-corrected chi connectivity index (χ2v) is 6.21. The maximum Gasteiger partial charge on any atom is 0.226 e. The number of fused-ring (bicyclic) bond motifs is 1. The molecule has 0 atom stereocenters. The maximum atomic E-state index is 13.8. The van der Waals surface area contributed by atoms with Crippen molar-refractivity contribution >= 4 is 38.4 Å². The maximum absolute atomic E-state index is 13.8. The molecule has 1 amide bonds. The van der Waals surface area contributed by atoms with Gasteiger partial charge in [-0.3, -0.25) is 14.3 Å². The third-order valence-corrected chi connectivity index (χ3v) is 4.04. The molecule has 0 radical (unpaired) electrons. The van der Waals surface area contributed by atoms with Gasteiger partial charge in [0.15, 0.2) is 11.6 Å². The van der Waals surface area contributed by atoms with Gasteiger partial charge in [-0.1, -0.05) is 28.1 Å². The third-order valence-electron chi connectivity index (χ3n) is 3.58. The number of nitrogens with one attached hydrogen (secondary N) is 1. The van der Waals surface area contributed by atoms with E-state index in [0.717, 1.165) is 12.1 Å². The van der Waals surface area contributed by atoms with Gasteiger partial charge in [-0.2, -0.15) is 5.10 Å². The summed E-state index contributed by atoms with van der Waals surface area (Å²) >= 11 is 2.97. The molecule has 3 aromatic rings. The Labute approximate surface area is 149 Å². The summed E-state index contributed by atoms with van der Waals surface area (Å²) in [6, 6.07) is 9.01. The van der Waals surface area contributed by atoms with Crippen LogP contribution in [0.4, 0.5) is 14.5 Å². The number of carbonyl (C=O) groups is 1. The van der Waals surface area contributed by atoms with E-state index in [1.807, 2.05) is 0 Å². The molecule has 128 valence electrons. The highest BCUT2D eigenvalue weighted by molar-refractivity contribution is 9.10. The number of carbonyl (C=O) groups excluding carboxylic acids is 1. The van der Waals surface area contributed by atoms with Crippen molar-refractivity contribution in [3.05, 3.63) is 68.9 Å². The summed E-state index contributed by atoms with van der Waals surface area (Å²) in [7, 11) is 0. The second kappa shape index (κ2) is 7.10. The Kier molecular flexibility index (Phi) is 4.89. The van der Waals surface area contributed by atoms with Crippen LogP contribution in [0.25, 0.3) is 10.9 Å². The van der Waals surface area contributed by atoms with E-state index in [-0.39, 0.29) is 22.9 Å². The molecule has 1 heterocycles. The van der Waals surface area contributed by atoms with Crippen LogP contribution in [0.15, 0.2) is 51.9 Å². The lowest BCUT2D eigenvalue weighted by Crippen LogP contribution is -2.19. The number of benzene rings is 2. The molecule has 3 rings (SSSR count). The van der Waals surface area contributed by atoms with Crippen LogP contribution in [-0.2, 0) is 11.3 Å². The first-order valence-corrected chi connectivity index (χ1v) is 8.14. The minimum Gasteiger partial charge on any atom is -0.321 e. The molecular formula is C17H12BrF2N3O2. The Balaban J connectivity index is 1.76. The molecule has 8 heteroatoms. The first-order valence-electron chi connectivity index (χ1n) is 7.35. The summed E-state index contributed by atoms with van der Waals surface area (Å²) in [5.41, 5.74) is -0.120. The normalized spacial score (nSPS) is 10.8. The van der Waals surface area contributed by atoms with E-state index in [1.54, 1.807) is 24.3 Å². The lowest BCUT2D eigenvalue weighted by molar-refractivity contribution is -0.116. The number of hydrogen-bond donors (Lipinski definition) is 1. The SMILES string of the molecule is O=C(CCn1ncc(=O)c2ccccc21)Nc1c(F)cc(Br)cc1F. The van der Waals surface area contributed by atoms with Crippen molar-refractivity contribution in [2.24, 2.45) is 0 Å². The minimum atomic E-state index is -0.868. The molecule has 0 saturated carbocycles. The van der Waals surface area contributed by atoms with Gasteiger partial charge in [0.1, 0.15) is 5.69 Å². The molecule has 0 fully saturated rings. The first-order chi connectivity index (χ1) is 12.0. The highest BCUT2D eigenvalue weighted by Gasteiger charge is 2.14. The van der Waals surface area contributed by atoms with E-state index in [4.69, 9.17) is 0 Å². The highest BCUT2D eigenvalue weighted by Crippen LogP contribution is 2.23. The largest absolute Gasteiger partial charge is 0.321 e. The predicted octanol–water partition coefficient (Wildman–Crippen LogP) is 3.47. The van der Waals surface area contributed by atoms with Crippen LogP contribution >= 0.6 is 15.9 Å². The van der Waals surface area contributed by atoms with Gasteiger partial charge in [-0.05, 0) is 24.3 Å². The lowest BCUT2D eigenvalue weighted by Gasteiger charge is -2.10. The van der Waals surface area contributed by atoms with Gasteiger partial charge < -0.3 is 5.32 Å². The molecule has 0 aliphatic carbocycles. The summed E-state index contributed by atoms with van der Waals surface area (Å²) in [5, 5.41) is 6.71. The molecule has 25 heavy (non-hydrogen) atoms. The molecule has 1 N–H and O–H groups in total. The summed E-state index contributed by atoms with van der Waals surface area (Å²) in [5.74, 6) is -2.30. The zero-order valence-electron chi connectivity index (χ0n) is 12.8. The summed E-state index contributed by atoms with van der Waals surface area (Å²) < 4.78 is 29.2. The van der Waals surface area contributed by atoms with Crippen LogP contribution in [0, 0.1) is 11.6 Å². The first kappa shape index (κ1) is 17.2. The average Bonchev–Trinajstić information content (AvgIpc) is 2.58. The quantitative estimate of drug-likeness (QED) is 0.719. The van der Waals surface area contributed by atoms with Crippen LogP contribution < -0.4 is 10.7 Å². The predicted molar refractivity (Wildman–Crippen MR) is 93.3 cm³/mol. The summed E-state index contributed by atoms with van der Waals surface area (Å²) in [4.78, 5) is 23.8. The van der Waals surface area contributed by atoms with Crippen molar-refractivity contribution in [1.29, 1.82) is 0 Å². The number of hydrogen-bond acceptors (Lipinski definition) is 3. The van der Waals surface area contributed by atoms with Gasteiger partial charge in [0.2, 0.25) is 11.3 Å². The van der Waals surface area contributed by atoms with E-state index in [2.05, 4.69) is 26.3 Å². The molecule has 0 aliphatic heterocycles. The van der Waals surface area contributed by atoms with Crippen molar-refractivity contribution in [2.75, 3.05) is 5.32 Å². The van der Waals surface area contributed by atoms with E-state index in [0.29, 0.717) is 10.9 Å². The fourth-order valence-corrected chi connectivity index (χ4v) is 2.81. The summed E-state index contributed by atoms with van der Waals surface area (Å²) in [6.07, 6.45) is 1.11. The van der Waals surface area contributed by atoms with Gasteiger partial charge in [0.05, 0.1) is 18.3 Å². The molecular weight excluding hydrogens is 396 g/mol. The number of halogens is 3. The molecule has 1 aromatic heterocycles. The number of aromatic nitrogens is 2. The van der Waals surface area contributed by atoms with E-state index in [1.165, 1.54) is 10.9 Å². The van der Waals surface area contributed by atoms with Crippen molar-refractivity contribution in [1.82, 2.24) is 9.78 Å². The van der Waals surface area contributed by atoms with E-state index >= 15 is 0 Å². The molecule has 0 aliphatic rings. The van der Waals surface area contributed by atoms with Crippen molar-refractivity contribution in [3.63, 3.8) is 0 Å². The fourth-order valence-electron chi connectivity index (χ4n) is 2.41. The molecule has 5 nitrogen and oxygen atoms in total. The Morgan fingerprint density at radius 3 is 2.60 bits per heavy atom. The fraction of sp³-hybridized carbons (Fsp3) is 0.118. The molecule has 0 spiro atoms. The monoisotopic (exact) mass is 407 g/mol. The van der Waals surface area contributed by atoms with Crippen molar-refractivity contribution in [2.45, 2.75) is 13.0 Å². The number of anilines is 1. The minimum absolute atomic E-state index is 0.0607. The Morgan fingerprint density at radius 1 is 1.20 bits per heavy atom. The Bertz CT molecular complexity index is 997. The van der Waals surface area contributed by atoms with Gasteiger partial charge in [0.25, 0.3) is 0 Å². The van der Waals surface area contributed by atoms with Crippen LogP contribution in [0.3, 0.4) is 0 Å². The van der Waals surface area contributed by atoms with Gasteiger partial charge in [-0.15, -0.1) is 0 Å². The zero-order chi connectivity index (χ0) is 18.0. The van der Waals surface area contributed by atoms with Crippen molar-refractivity contribution < 1.29 is 13.6 Å². The summed E-state index contributed by atoms with van der Waals surface area (Å²) in [6.45, 7) is 0.159. The number of rotatable bonds is 4. The topological polar surface area (TPSA) is 64.0 Å². The van der Waals surface area contributed by atoms with Gasteiger partial charge in [0, 0.05) is 16.3 Å². The van der Waals surface area contributed by atoms with E-state index in [9.17, 15) is 18.4 Å². The standard InChI is InChI=1S/C17H12BrF2N3O2/c18-10-7-12(19)17(13(20)8-10)22-16(25)5-6-23-14-4-2-1-3-11(14)15(24)9-21-23/h1-4,7-9H,5-6H2,(H,22,25). The van der Waals surface area contributed by atoms with Crippen LogP contribution in [0.5, 0.6) is 0 Å². The molecule has 0 unspecified atom stereocenters. The highest BCUT2D eigenvalue weighted by atomic mass is 79.9. The Hall–Kier alpha value is -2.61. The lowest BCUT2D eigenvalue weighted by atomic mass is 10.2. The van der Waals surface area contributed by atoms with Crippen LogP contribution in [-0.4, -0.2) is 15.7 Å². The van der Waals surface area contributed by atoms with Gasteiger partial charge >= 0.3 is 0 Å². The second-order valence-electron chi connectivity index (χ2n) is 5.29. The number of para-hydroxylation sites is 1.